The average molecular weight is 203 g/mol. The molecule has 0 atom stereocenters. The molecule has 70 valence electrons. The number of carbonyl (C=O) groups is 1. The molecule has 0 aliphatic heterocycles. The molecule has 2 heterocycles. The van der Waals surface area contributed by atoms with Crippen LogP contribution in [-0.4, -0.2) is 10.8 Å². The first-order chi connectivity index (χ1) is 6.84. The molecule has 0 unspecified atom stereocenters. The fraction of sp³-hybridized carbons (Fsp3) is 0.273. The van der Waals surface area contributed by atoms with Crippen LogP contribution < -0.4 is 0 Å². The van der Waals surface area contributed by atoms with E-state index in [1.165, 1.54) is 0 Å². The summed E-state index contributed by atoms with van der Waals surface area (Å²) in [5, 5.41) is 2.00. The maximum atomic E-state index is 11.7. The molecule has 0 N–H and O–H groups in total. The van der Waals surface area contributed by atoms with E-state index in [1.54, 1.807) is 17.5 Å². The normalized spacial score (nSPS) is 16.0. The summed E-state index contributed by atoms with van der Waals surface area (Å²) in [5.74, 6) is 0.557. The van der Waals surface area contributed by atoms with Crippen molar-refractivity contribution in [2.24, 2.45) is 5.92 Å². The van der Waals surface area contributed by atoms with E-state index >= 15 is 0 Å². The number of hydrogen-bond donors (Lipinski definition) is 0. The number of pyridine rings is 1. The highest BCUT2D eigenvalue weighted by Gasteiger charge is 2.30. The summed E-state index contributed by atoms with van der Waals surface area (Å²) in [5.41, 5.74) is 1.77. The van der Waals surface area contributed by atoms with Gasteiger partial charge in [-0.3, -0.25) is 9.78 Å². The molecule has 0 aromatic carbocycles. The van der Waals surface area contributed by atoms with Gasteiger partial charge in [0.25, 0.3) is 0 Å². The largest absolute Gasteiger partial charge is 0.294 e. The number of rotatable bonds is 2. The van der Waals surface area contributed by atoms with Gasteiger partial charge in [0, 0.05) is 17.7 Å². The maximum Gasteiger partial charge on any atom is 0.167 e. The lowest BCUT2D eigenvalue weighted by molar-refractivity contribution is 0.0967. The van der Waals surface area contributed by atoms with Gasteiger partial charge in [0.1, 0.15) is 0 Å². The second kappa shape index (κ2) is 2.89. The van der Waals surface area contributed by atoms with Crippen molar-refractivity contribution in [2.45, 2.75) is 12.8 Å². The van der Waals surface area contributed by atoms with E-state index in [1.807, 2.05) is 17.5 Å². The van der Waals surface area contributed by atoms with E-state index in [0.717, 1.165) is 28.6 Å². The Balaban J connectivity index is 2.07. The van der Waals surface area contributed by atoms with Crippen molar-refractivity contribution >= 4 is 27.3 Å². The topological polar surface area (TPSA) is 30.0 Å². The zero-order chi connectivity index (χ0) is 9.54. The smallest absolute Gasteiger partial charge is 0.167 e. The van der Waals surface area contributed by atoms with Crippen LogP contribution in [0, 0.1) is 5.92 Å². The Morgan fingerprint density at radius 3 is 3.14 bits per heavy atom. The van der Waals surface area contributed by atoms with Crippen molar-refractivity contribution in [1.82, 2.24) is 4.98 Å². The summed E-state index contributed by atoms with van der Waals surface area (Å²) >= 11 is 1.64. The molecule has 2 aromatic rings. The van der Waals surface area contributed by atoms with Gasteiger partial charge in [-0.25, -0.2) is 0 Å². The van der Waals surface area contributed by atoms with Crippen molar-refractivity contribution in [3.63, 3.8) is 0 Å². The Labute approximate surface area is 85.6 Å². The van der Waals surface area contributed by atoms with Crippen LogP contribution in [0.4, 0.5) is 0 Å². The van der Waals surface area contributed by atoms with Crippen LogP contribution >= 0.6 is 11.3 Å². The van der Waals surface area contributed by atoms with Gasteiger partial charge in [0.15, 0.2) is 5.78 Å². The zero-order valence-electron chi connectivity index (χ0n) is 7.56. The van der Waals surface area contributed by atoms with E-state index in [9.17, 15) is 4.79 Å². The van der Waals surface area contributed by atoms with Gasteiger partial charge in [-0.15, -0.1) is 11.3 Å². The molecule has 3 heteroatoms. The number of ketones is 1. The quantitative estimate of drug-likeness (QED) is 0.702. The van der Waals surface area contributed by atoms with Crippen LogP contribution in [0.25, 0.3) is 10.2 Å². The molecule has 0 amide bonds. The molecular formula is C11H9NOS. The standard InChI is InChI=1S/C11H9NOS/c13-11(7-1-2-7)8-5-10-9(12-6-8)3-4-14-10/h3-7H,1-2H2. The van der Waals surface area contributed by atoms with Crippen LogP contribution in [0.15, 0.2) is 23.7 Å². The van der Waals surface area contributed by atoms with Gasteiger partial charge in [-0.2, -0.15) is 0 Å². The van der Waals surface area contributed by atoms with Crippen LogP contribution in [-0.2, 0) is 0 Å². The molecule has 3 rings (SSSR count). The van der Waals surface area contributed by atoms with Crippen molar-refractivity contribution in [3.05, 3.63) is 29.3 Å². The van der Waals surface area contributed by atoms with Gasteiger partial charge < -0.3 is 0 Å². The van der Waals surface area contributed by atoms with Crippen molar-refractivity contribution in [3.8, 4) is 0 Å². The number of fused-ring (bicyclic) bond motifs is 1. The lowest BCUT2D eigenvalue weighted by Crippen LogP contribution is -2.01. The summed E-state index contributed by atoms with van der Waals surface area (Å²) in [6.45, 7) is 0. The van der Waals surface area contributed by atoms with Gasteiger partial charge >= 0.3 is 0 Å². The number of nitrogens with zero attached hydrogens (tertiary/aromatic N) is 1. The van der Waals surface area contributed by atoms with E-state index in [-0.39, 0.29) is 11.7 Å². The summed E-state index contributed by atoms with van der Waals surface area (Å²) in [6, 6.07) is 3.94. The predicted octanol–water partition coefficient (Wildman–Crippen LogP) is 2.89. The molecule has 1 aliphatic rings. The fourth-order valence-electron chi connectivity index (χ4n) is 1.56. The minimum atomic E-state index is 0.271. The molecule has 0 radical (unpaired) electrons. The van der Waals surface area contributed by atoms with Crippen molar-refractivity contribution in [2.75, 3.05) is 0 Å². The number of hydrogen-bond acceptors (Lipinski definition) is 3. The lowest BCUT2D eigenvalue weighted by Gasteiger charge is -1.97. The average Bonchev–Trinajstić information content (AvgIpc) is 2.95. The minimum absolute atomic E-state index is 0.271. The van der Waals surface area contributed by atoms with E-state index in [2.05, 4.69) is 4.98 Å². The Hall–Kier alpha value is -1.22. The fourth-order valence-corrected chi connectivity index (χ4v) is 2.34. The Morgan fingerprint density at radius 1 is 1.50 bits per heavy atom. The second-order valence-corrected chi connectivity index (χ2v) is 4.61. The van der Waals surface area contributed by atoms with Gasteiger partial charge in [0.05, 0.1) is 10.2 Å². The first-order valence-electron chi connectivity index (χ1n) is 4.72. The highest BCUT2D eigenvalue weighted by molar-refractivity contribution is 7.17. The summed E-state index contributed by atoms with van der Waals surface area (Å²) < 4.78 is 1.11. The van der Waals surface area contributed by atoms with E-state index in [0.29, 0.717) is 0 Å². The third-order valence-electron chi connectivity index (χ3n) is 2.54. The maximum absolute atomic E-state index is 11.7. The molecule has 14 heavy (non-hydrogen) atoms. The highest BCUT2D eigenvalue weighted by Crippen LogP contribution is 2.33. The van der Waals surface area contributed by atoms with Crippen LogP contribution in [0.1, 0.15) is 23.2 Å². The minimum Gasteiger partial charge on any atom is -0.294 e. The molecule has 1 aliphatic carbocycles. The summed E-state index contributed by atoms with van der Waals surface area (Å²) in [4.78, 5) is 16.0. The van der Waals surface area contributed by atoms with Crippen molar-refractivity contribution in [1.29, 1.82) is 0 Å². The molecule has 1 saturated carbocycles. The van der Waals surface area contributed by atoms with Gasteiger partial charge in [-0.1, -0.05) is 0 Å². The van der Waals surface area contributed by atoms with E-state index in [4.69, 9.17) is 0 Å². The lowest BCUT2D eigenvalue weighted by atomic mass is 10.1. The molecular weight excluding hydrogens is 194 g/mol. The third-order valence-corrected chi connectivity index (χ3v) is 3.39. The zero-order valence-corrected chi connectivity index (χ0v) is 8.38. The SMILES string of the molecule is O=C(c1cnc2ccsc2c1)C1CC1. The molecule has 2 nitrogen and oxygen atoms in total. The van der Waals surface area contributed by atoms with Crippen LogP contribution in [0.5, 0.6) is 0 Å². The van der Waals surface area contributed by atoms with Crippen LogP contribution in [0.3, 0.4) is 0 Å². The number of carbonyl (C=O) groups excluding carboxylic acids is 1. The molecule has 1 fully saturated rings. The number of aromatic nitrogens is 1. The summed E-state index contributed by atoms with van der Waals surface area (Å²) in [6.07, 6.45) is 3.82. The Morgan fingerprint density at radius 2 is 2.36 bits per heavy atom. The first-order valence-corrected chi connectivity index (χ1v) is 5.60. The predicted molar refractivity (Wildman–Crippen MR) is 56.7 cm³/mol. The molecule has 0 bridgehead atoms. The third kappa shape index (κ3) is 1.24. The second-order valence-electron chi connectivity index (χ2n) is 3.67. The van der Waals surface area contributed by atoms with Crippen molar-refractivity contribution < 1.29 is 4.79 Å². The first kappa shape index (κ1) is 8.12. The Bertz CT molecular complexity index is 499. The monoisotopic (exact) mass is 203 g/mol. The van der Waals surface area contributed by atoms with Gasteiger partial charge in [-0.05, 0) is 30.4 Å². The van der Waals surface area contributed by atoms with Crippen LogP contribution in [0.2, 0.25) is 0 Å². The number of thiophene rings is 1. The van der Waals surface area contributed by atoms with E-state index < -0.39 is 0 Å². The molecule has 0 saturated heterocycles. The van der Waals surface area contributed by atoms with Gasteiger partial charge in [0.2, 0.25) is 0 Å². The number of Topliss-reactive ketones (excluding diaryl/α,β-unsaturated/α-hetero) is 1. The summed E-state index contributed by atoms with van der Waals surface area (Å²) in [7, 11) is 0. The molecule has 2 aromatic heterocycles. The highest BCUT2D eigenvalue weighted by atomic mass is 32.1. The molecule has 0 spiro atoms. The Kier molecular flexibility index (Phi) is 1.67.